The van der Waals surface area contributed by atoms with Gasteiger partial charge in [-0.2, -0.15) is 4.98 Å². The minimum Gasteiger partial charge on any atom is -0.480 e. The topological polar surface area (TPSA) is 38.6 Å². The van der Waals surface area contributed by atoms with Gasteiger partial charge in [0.05, 0.1) is 7.11 Å². The van der Waals surface area contributed by atoms with Gasteiger partial charge in [0.15, 0.2) is 4.96 Å². The van der Waals surface area contributed by atoms with Crippen LogP contribution in [0, 0.1) is 0 Å². The predicted octanol–water partition coefficient (Wildman–Crippen LogP) is 3.91. The molecule has 0 saturated carbocycles. The lowest BCUT2D eigenvalue weighted by molar-refractivity contribution is 0.391. The number of benzene rings is 1. The molecule has 0 aliphatic rings. The van der Waals surface area contributed by atoms with Crippen molar-refractivity contribution in [3.05, 3.63) is 52.1 Å². The van der Waals surface area contributed by atoms with Crippen LogP contribution in [-0.4, -0.2) is 16.5 Å². The first-order valence-corrected chi connectivity index (χ1v) is 7.92. The molecule has 1 atom stereocenters. The molecule has 0 radical (unpaired) electrons. The first-order valence-electron chi connectivity index (χ1n) is 6.67. The van der Waals surface area contributed by atoms with Gasteiger partial charge in [-0.15, -0.1) is 11.3 Å². The summed E-state index contributed by atoms with van der Waals surface area (Å²) in [7, 11) is 1.65. The fraction of sp³-hybridized carbons (Fsp3) is 0.267. The summed E-state index contributed by atoms with van der Waals surface area (Å²) >= 11 is 7.83. The van der Waals surface area contributed by atoms with Crippen LogP contribution in [0.2, 0.25) is 5.02 Å². The molecule has 0 spiro atoms. The molecule has 0 aliphatic carbocycles. The van der Waals surface area contributed by atoms with Crippen LogP contribution in [0.5, 0.6) is 5.88 Å². The highest BCUT2D eigenvalue weighted by Gasteiger charge is 2.15. The number of nitrogens with zero attached hydrogens (tertiary/aromatic N) is 2. The Morgan fingerprint density at radius 1 is 1.43 bits per heavy atom. The fourth-order valence-corrected chi connectivity index (χ4v) is 3.35. The van der Waals surface area contributed by atoms with Crippen LogP contribution in [0.15, 0.2) is 35.8 Å². The predicted molar refractivity (Wildman–Crippen MR) is 86.3 cm³/mol. The molecule has 2 aromatic heterocycles. The molecule has 6 heteroatoms. The number of ether oxygens (including phenoxy) is 1. The Bertz CT molecular complexity index is 752. The van der Waals surface area contributed by atoms with E-state index in [1.165, 1.54) is 0 Å². The van der Waals surface area contributed by atoms with Crippen molar-refractivity contribution in [2.24, 2.45) is 0 Å². The van der Waals surface area contributed by atoms with Gasteiger partial charge in [0.1, 0.15) is 5.69 Å². The molecule has 21 heavy (non-hydrogen) atoms. The lowest BCUT2D eigenvalue weighted by Crippen LogP contribution is -2.19. The number of hydrogen-bond donors (Lipinski definition) is 1. The number of imidazole rings is 1. The molecule has 2 heterocycles. The maximum absolute atomic E-state index is 6.24. The highest BCUT2D eigenvalue weighted by molar-refractivity contribution is 7.15. The molecule has 0 aliphatic heterocycles. The second-order valence-electron chi connectivity index (χ2n) is 4.75. The van der Waals surface area contributed by atoms with Crippen LogP contribution in [0.25, 0.3) is 4.96 Å². The van der Waals surface area contributed by atoms with E-state index in [1.807, 2.05) is 35.8 Å². The van der Waals surface area contributed by atoms with Crippen LogP contribution in [0.4, 0.5) is 0 Å². The molecule has 3 rings (SSSR count). The second kappa shape index (κ2) is 6.05. The number of nitrogens with one attached hydrogen (secondary N) is 1. The van der Waals surface area contributed by atoms with E-state index in [1.54, 1.807) is 18.4 Å². The minimum absolute atomic E-state index is 0.146. The first-order chi connectivity index (χ1) is 10.2. The maximum Gasteiger partial charge on any atom is 0.237 e. The monoisotopic (exact) mass is 321 g/mol. The van der Waals surface area contributed by atoms with E-state index in [4.69, 9.17) is 16.3 Å². The molecule has 110 valence electrons. The van der Waals surface area contributed by atoms with Crippen molar-refractivity contribution in [3.63, 3.8) is 0 Å². The van der Waals surface area contributed by atoms with Gasteiger partial charge in [0.2, 0.25) is 5.88 Å². The van der Waals surface area contributed by atoms with E-state index < -0.39 is 0 Å². The molecule has 0 amide bonds. The highest BCUT2D eigenvalue weighted by atomic mass is 35.5. The van der Waals surface area contributed by atoms with Crippen LogP contribution in [0.3, 0.4) is 0 Å². The summed E-state index contributed by atoms with van der Waals surface area (Å²) in [5.74, 6) is 0.667. The van der Waals surface area contributed by atoms with E-state index >= 15 is 0 Å². The zero-order valence-electron chi connectivity index (χ0n) is 11.8. The summed E-state index contributed by atoms with van der Waals surface area (Å²) in [5.41, 5.74) is 2.11. The summed E-state index contributed by atoms with van der Waals surface area (Å²) in [5, 5.41) is 6.27. The number of aromatic nitrogens is 2. The van der Waals surface area contributed by atoms with Crippen molar-refractivity contribution < 1.29 is 4.74 Å². The largest absolute Gasteiger partial charge is 0.480 e. The fourth-order valence-electron chi connectivity index (χ4n) is 2.32. The number of thiazole rings is 1. The van der Waals surface area contributed by atoms with Gasteiger partial charge in [-0.3, -0.25) is 4.40 Å². The van der Waals surface area contributed by atoms with Crippen LogP contribution in [0.1, 0.15) is 24.2 Å². The van der Waals surface area contributed by atoms with Crippen molar-refractivity contribution in [2.75, 3.05) is 7.11 Å². The van der Waals surface area contributed by atoms with Gasteiger partial charge < -0.3 is 10.1 Å². The van der Waals surface area contributed by atoms with Gasteiger partial charge in [0, 0.05) is 29.2 Å². The van der Waals surface area contributed by atoms with Gasteiger partial charge >= 0.3 is 0 Å². The normalized spacial score (nSPS) is 12.7. The van der Waals surface area contributed by atoms with E-state index in [2.05, 4.69) is 21.6 Å². The third kappa shape index (κ3) is 2.77. The molecule has 0 saturated heterocycles. The molecule has 0 fully saturated rings. The van der Waals surface area contributed by atoms with Crippen LogP contribution in [-0.2, 0) is 6.54 Å². The second-order valence-corrected chi connectivity index (χ2v) is 6.03. The molecule has 0 bridgehead atoms. The number of fused-ring (bicyclic) bond motifs is 1. The molecular weight excluding hydrogens is 306 g/mol. The Morgan fingerprint density at radius 2 is 2.24 bits per heavy atom. The van der Waals surface area contributed by atoms with Crippen LogP contribution < -0.4 is 10.1 Å². The Kier molecular flexibility index (Phi) is 4.14. The van der Waals surface area contributed by atoms with E-state index in [-0.39, 0.29) is 6.04 Å². The summed E-state index contributed by atoms with van der Waals surface area (Å²) in [6.07, 6.45) is 2.01. The number of rotatable bonds is 5. The van der Waals surface area contributed by atoms with Crippen molar-refractivity contribution in [3.8, 4) is 5.88 Å². The van der Waals surface area contributed by atoms with Crippen molar-refractivity contribution >= 4 is 27.9 Å². The summed E-state index contributed by atoms with van der Waals surface area (Å²) in [6.45, 7) is 2.76. The minimum atomic E-state index is 0.146. The summed E-state index contributed by atoms with van der Waals surface area (Å²) < 4.78 is 7.41. The van der Waals surface area contributed by atoms with E-state index in [9.17, 15) is 0 Å². The average Bonchev–Trinajstić information content (AvgIpc) is 3.06. The zero-order valence-corrected chi connectivity index (χ0v) is 13.4. The maximum atomic E-state index is 6.24. The van der Waals surface area contributed by atoms with Crippen molar-refractivity contribution in [2.45, 2.75) is 19.5 Å². The van der Waals surface area contributed by atoms with Gasteiger partial charge in [0.25, 0.3) is 0 Å². The van der Waals surface area contributed by atoms with Crippen molar-refractivity contribution in [1.29, 1.82) is 0 Å². The number of halogens is 1. The number of methoxy groups -OCH3 is 1. The Labute approximate surface area is 132 Å². The molecule has 1 aromatic carbocycles. The average molecular weight is 322 g/mol. The summed E-state index contributed by atoms with van der Waals surface area (Å²) in [6, 6.07) is 8.02. The van der Waals surface area contributed by atoms with Gasteiger partial charge in [-0.05, 0) is 18.6 Å². The Hall–Kier alpha value is -1.56. The quantitative estimate of drug-likeness (QED) is 0.774. The standard InChI is InChI=1S/C15H16ClN3OS/c1-10(11-5-3-4-6-12(11)16)17-9-13-14(20-2)18-15-19(13)7-8-21-15/h3-8,10,17H,9H2,1-2H3/t10-/m1/s1. The Morgan fingerprint density at radius 3 is 3.00 bits per heavy atom. The van der Waals surface area contributed by atoms with Gasteiger partial charge in [-0.25, -0.2) is 0 Å². The van der Waals surface area contributed by atoms with Gasteiger partial charge in [-0.1, -0.05) is 29.8 Å². The zero-order chi connectivity index (χ0) is 14.8. The molecule has 3 aromatic rings. The molecule has 0 unspecified atom stereocenters. The summed E-state index contributed by atoms with van der Waals surface area (Å²) in [4.78, 5) is 5.39. The SMILES string of the molecule is COc1nc2sccn2c1CN[C@H](C)c1ccccc1Cl. The van der Waals surface area contributed by atoms with E-state index in [0.717, 1.165) is 21.2 Å². The third-order valence-electron chi connectivity index (χ3n) is 3.47. The smallest absolute Gasteiger partial charge is 0.237 e. The van der Waals surface area contributed by atoms with Crippen LogP contribution >= 0.6 is 22.9 Å². The molecule has 1 N–H and O–H groups in total. The highest BCUT2D eigenvalue weighted by Crippen LogP contribution is 2.25. The lowest BCUT2D eigenvalue weighted by Gasteiger charge is -2.15. The third-order valence-corrected chi connectivity index (χ3v) is 4.57. The number of hydrogen-bond acceptors (Lipinski definition) is 4. The first kappa shape index (κ1) is 14.4. The Balaban J connectivity index is 1.80. The molecule has 4 nitrogen and oxygen atoms in total. The van der Waals surface area contributed by atoms with Crippen molar-refractivity contribution in [1.82, 2.24) is 14.7 Å². The lowest BCUT2D eigenvalue weighted by atomic mass is 10.1. The molecular formula is C15H16ClN3OS. The van der Waals surface area contributed by atoms with E-state index in [0.29, 0.717) is 12.4 Å².